The number of anilines is 2. The zero-order chi connectivity index (χ0) is 26.9. The quantitative estimate of drug-likeness (QED) is 0.391. The highest BCUT2D eigenvalue weighted by atomic mass is 19.1. The van der Waals surface area contributed by atoms with Crippen molar-refractivity contribution in [3.63, 3.8) is 0 Å². The van der Waals surface area contributed by atoms with Gasteiger partial charge in [-0.25, -0.2) is 9.37 Å². The van der Waals surface area contributed by atoms with E-state index in [-0.39, 0.29) is 23.0 Å². The zero-order valence-electron chi connectivity index (χ0n) is 22.1. The second-order valence-corrected chi connectivity index (χ2v) is 11.2. The zero-order valence-corrected chi connectivity index (χ0v) is 22.1. The van der Waals surface area contributed by atoms with Gasteiger partial charge in [-0.15, -0.1) is 0 Å². The van der Waals surface area contributed by atoms with E-state index in [9.17, 15) is 9.18 Å². The third-order valence-corrected chi connectivity index (χ3v) is 7.96. The molecule has 2 saturated heterocycles. The van der Waals surface area contributed by atoms with Crippen LogP contribution in [0.3, 0.4) is 0 Å². The molecule has 7 rings (SSSR count). The van der Waals surface area contributed by atoms with E-state index in [1.807, 2.05) is 6.07 Å². The monoisotopic (exact) mass is 531 g/mol. The predicted molar refractivity (Wildman–Crippen MR) is 145 cm³/mol. The number of aromatic nitrogens is 4. The van der Waals surface area contributed by atoms with Crippen LogP contribution < -0.4 is 20.3 Å². The second-order valence-electron chi connectivity index (χ2n) is 11.2. The summed E-state index contributed by atoms with van der Waals surface area (Å²) in [7, 11) is 1.73. The van der Waals surface area contributed by atoms with Gasteiger partial charge in [0.2, 0.25) is 0 Å². The van der Waals surface area contributed by atoms with E-state index in [0.29, 0.717) is 47.5 Å². The SMILES string of the molecule is CC1CN(c2ccc(C(=O)Nc3cc(F)c4nn(C)cc4c3)c3nc(OCC45COC4C5)ncc23)CC(C)N1. The normalized spacial score (nSPS) is 25.8. The first kappa shape index (κ1) is 24.2. The van der Waals surface area contributed by atoms with E-state index in [0.717, 1.165) is 30.6 Å². The van der Waals surface area contributed by atoms with Gasteiger partial charge in [-0.1, -0.05) is 0 Å². The lowest BCUT2D eigenvalue weighted by Gasteiger charge is -2.38. The number of piperazine rings is 1. The fourth-order valence-corrected chi connectivity index (χ4v) is 5.89. The van der Waals surface area contributed by atoms with Gasteiger partial charge in [-0.05, 0) is 44.5 Å². The van der Waals surface area contributed by atoms with Gasteiger partial charge in [0.25, 0.3) is 5.91 Å². The molecule has 2 N–H and O–H groups in total. The maximum atomic E-state index is 14.7. The number of rotatable bonds is 6. The molecule has 4 heterocycles. The van der Waals surface area contributed by atoms with Gasteiger partial charge in [0.1, 0.15) is 12.1 Å². The molecule has 2 aromatic heterocycles. The van der Waals surface area contributed by atoms with Crippen LogP contribution in [0.2, 0.25) is 0 Å². The minimum Gasteiger partial charge on any atom is -0.463 e. The summed E-state index contributed by atoms with van der Waals surface area (Å²) in [6.07, 6.45) is 4.72. The van der Waals surface area contributed by atoms with E-state index in [2.05, 4.69) is 39.5 Å². The lowest BCUT2D eigenvalue weighted by Crippen LogP contribution is -2.54. The largest absolute Gasteiger partial charge is 0.463 e. The van der Waals surface area contributed by atoms with E-state index in [4.69, 9.17) is 14.5 Å². The highest BCUT2D eigenvalue weighted by Crippen LogP contribution is 2.56. The predicted octanol–water partition coefficient (Wildman–Crippen LogP) is 3.26. The lowest BCUT2D eigenvalue weighted by molar-refractivity contribution is -0.0552. The van der Waals surface area contributed by atoms with Crippen LogP contribution in [-0.2, 0) is 11.8 Å². The molecule has 4 aromatic rings. The molecule has 0 radical (unpaired) electrons. The summed E-state index contributed by atoms with van der Waals surface area (Å²) in [5.41, 5.74) is 2.50. The molecule has 0 bridgehead atoms. The summed E-state index contributed by atoms with van der Waals surface area (Å²) in [4.78, 5) is 25.1. The second kappa shape index (κ2) is 8.85. The van der Waals surface area contributed by atoms with Crippen molar-refractivity contribution in [1.82, 2.24) is 25.1 Å². The molecule has 39 heavy (non-hydrogen) atoms. The Bertz CT molecular complexity index is 1610. The first-order valence-electron chi connectivity index (χ1n) is 13.3. The number of ether oxygens (including phenoxy) is 2. The molecule has 1 saturated carbocycles. The number of aryl methyl sites for hydroxylation is 1. The molecule has 2 aromatic carbocycles. The molecule has 3 aliphatic rings. The number of fused-ring (bicyclic) bond motifs is 3. The molecular weight excluding hydrogens is 501 g/mol. The average Bonchev–Trinajstić information content (AvgIpc) is 3.19. The van der Waals surface area contributed by atoms with Crippen molar-refractivity contribution in [1.29, 1.82) is 0 Å². The fourth-order valence-electron chi connectivity index (χ4n) is 5.89. The first-order chi connectivity index (χ1) is 18.8. The van der Waals surface area contributed by atoms with Crippen LogP contribution in [0, 0.1) is 11.2 Å². The number of benzene rings is 2. The Morgan fingerprint density at radius 3 is 2.79 bits per heavy atom. The lowest BCUT2D eigenvalue weighted by atomic mass is 10.0. The Balaban J connectivity index is 1.24. The van der Waals surface area contributed by atoms with Crippen LogP contribution >= 0.6 is 0 Å². The molecule has 4 unspecified atom stereocenters. The number of hydrogen-bond donors (Lipinski definition) is 2. The van der Waals surface area contributed by atoms with Crippen LogP contribution in [0.15, 0.2) is 36.7 Å². The highest BCUT2D eigenvalue weighted by Gasteiger charge is 2.64. The summed E-state index contributed by atoms with van der Waals surface area (Å²) >= 11 is 0. The number of hydrogen-bond acceptors (Lipinski definition) is 8. The summed E-state index contributed by atoms with van der Waals surface area (Å²) in [5.74, 6) is -0.893. The summed E-state index contributed by atoms with van der Waals surface area (Å²) < 4.78 is 27.7. The summed E-state index contributed by atoms with van der Waals surface area (Å²) in [5, 5.41) is 11.9. The highest BCUT2D eigenvalue weighted by molar-refractivity contribution is 6.14. The minimum atomic E-state index is -0.499. The third kappa shape index (κ3) is 4.25. The first-order valence-corrected chi connectivity index (χ1v) is 13.3. The molecule has 202 valence electrons. The van der Waals surface area contributed by atoms with Crippen molar-refractivity contribution >= 4 is 39.1 Å². The molecule has 4 atom stereocenters. The number of nitrogens with zero attached hydrogens (tertiary/aromatic N) is 5. The van der Waals surface area contributed by atoms with Gasteiger partial charge < -0.3 is 25.0 Å². The number of amides is 1. The molecular formula is C28H30FN7O3. The van der Waals surface area contributed by atoms with Crippen molar-refractivity contribution in [2.75, 3.05) is 36.5 Å². The average molecular weight is 532 g/mol. The maximum Gasteiger partial charge on any atom is 0.316 e. The smallest absolute Gasteiger partial charge is 0.316 e. The van der Waals surface area contributed by atoms with Crippen molar-refractivity contribution in [2.45, 2.75) is 38.5 Å². The van der Waals surface area contributed by atoms with E-state index in [1.165, 1.54) is 6.07 Å². The van der Waals surface area contributed by atoms with Gasteiger partial charge in [0, 0.05) is 66.8 Å². The van der Waals surface area contributed by atoms with Crippen LogP contribution in [0.5, 0.6) is 6.01 Å². The van der Waals surface area contributed by atoms with Crippen LogP contribution in [-0.4, -0.2) is 70.1 Å². The van der Waals surface area contributed by atoms with Gasteiger partial charge in [-0.3, -0.25) is 9.48 Å². The van der Waals surface area contributed by atoms with Crippen molar-refractivity contribution in [3.8, 4) is 6.01 Å². The number of nitrogens with one attached hydrogen (secondary N) is 2. The standard InChI is InChI=1S/C28H30FN7O3/c1-15-10-36(11-16(2)31-15)22-5-4-19(26(37)32-18-6-17-12-35(3)34-24(17)21(29)7-18)25-20(22)9-30-27(33-25)39-14-28-8-23(28)38-13-28/h4-7,9,12,15-16,23,31H,8,10-11,13-14H2,1-3H3,(H,32,37). The molecule has 2 aliphatic heterocycles. The number of halogens is 1. The molecule has 1 aliphatic carbocycles. The van der Waals surface area contributed by atoms with Crippen LogP contribution in [0.4, 0.5) is 15.8 Å². The Hall–Kier alpha value is -3.83. The maximum absolute atomic E-state index is 14.7. The van der Waals surface area contributed by atoms with Gasteiger partial charge in [-0.2, -0.15) is 10.1 Å². The molecule has 10 nitrogen and oxygen atoms in total. The third-order valence-electron chi connectivity index (χ3n) is 7.96. The molecule has 1 amide bonds. The molecule has 11 heteroatoms. The van der Waals surface area contributed by atoms with Crippen molar-refractivity contribution in [3.05, 3.63) is 48.0 Å². The summed E-state index contributed by atoms with van der Waals surface area (Å²) in [6.45, 7) is 7.13. The molecule has 0 spiro atoms. The fraction of sp³-hybridized carbons (Fsp3) is 0.429. The molecule has 3 fully saturated rings. The van der Waals surface area contributed by atoms with E-state index < -0.39 is 11.7 Å². The number of carbonyl (C=O) groups excluding carboxylic acids is 1. The van der Waals surface area contributed by atoms with E-state index in [1.54, 1.807) is 36.3 Å². The number of carbonyl (C=O) groups is 1. The minimum absolute atomic E-state index is 0.0858. The van der Waals surface area contributed by atoms with E-state index >= 15 is 0 Å². The van der Waals surface area contributed by atoms with Gasteiger partial charge >= 0.3 is 6.01 Å². The Morgan fingerprint density at radius 2 is 2.08 bits per heavy atom. The van der Waals surface area contributed by atoms with Crippen LogP contribution in [0.1, 0.15) is 30.6 Å². The topological polar surface area (TPSA) is 106 Å². The van der Waals surface area contributed by atoms with Gasteiger partial charge in [0.05, 0.1) is 29.2 Å². The van der Waals surface area contributed by atoms with Gasteiger partial charge in [0.15, 0.2) is 5.82 Å². The Kier molecular flexibility index (Phi) is 5.50. The Morgan fingerprint density at radius 1 is 1.26 bits per heavy atom. The van der Waals surface area contributed by atoms with Crippen LogP contribution in [0.25, 0.3) is 21.8 Å². The Labute approximate surface area is 224 Å². The van der Waals surface area contributed by atoms with Crippen molar-refractivity contribution < 1.29 is 18.7 Å². The summed E-state index contributed by atoms with van der Waals surface area (Å²) in [6, 6.07) is 7.55. The van der Waals surface area contributed by atoms with Crippen molar-refractivity contribution in [2.24, 2.45) is 12.5 Å².